The number of hydrogen-bond acceptors (Lipinski definition) is 4. The van der Waals surface area contributed by atoms with Crippen LogP contribution in [0.4, 0.5) is 5.69 Å². The third-order valence-electron chi connectivity index (χ3n) is 3.05. The zero-order chi connectivity index (χ0) is 9.92. The van der Waals surface area contributed by atoms with E-state index < -0.39 is 11.6 Å². The van der Waals surface area contributed by atoms with Gasteiger partial charge in [0, 0.05) is 0 Å². The van der Waals surface area contributed by atoms with Crippen LogP contribution in [-0.4, -0.2) is 21.8 Å². The van der Waals surface area contributed by atoms with Crippen LogP contribution in [0.5, 0.6) is 0 Å². The molecule has 1 heterocycles. The van der Waals surface area contributed by atoms with Crippen LogP contribution in [-0.2, 0) is 11.2 Å². The lowest BCUT2D eigenvalue weighted by Gasteiger charge is -2.28. The second kappa shape index (κ2) is 2.16. The van der Waals surface area contributed by atoms with Crippen LogP contribution in [0.3, 0.4) is 0 Å². The highest BCUT2D eigenvalue weighted by molar-refractivity contribution is 6.10. The number of para-hydroxylation sites is 1. The molecule has 0 spiro atoms. The Kier molecular flexibility index (Phi) is 1.23. The maximum absolute atomic E-state index is 11.3. The number of hydroxylamine groups is 1. The number of carbonyl (C=O) groups is 1. The number of fused-ring (bicyclic) bond motifs is 2. The maximum Gasteiger partial charge on any atom is 0.232 e. The third-order valence-corrected chi connectivity index (χ3v) is 3.05. The lowest BCUT2D eigenvalue weighted by molar-refractivity contribution is -0.117. The van der Waals surface area contributed by atoms with Crippen molar-refractivity contribution in [1.82, 2.24) is 0 Å². The minimum atomic E-state index is -1.64. The van der Waals surface area contributed by atoms with E-state index in [-0.39, 0.29) is 5.78 Å². The molecule has 1 saturated carbocycles. The average molecular weight is 191 g/mol. The van der Waals surface area contributed by atoms with Gasteiger partial charge >= 0.3 is 0 Å². The van der Waals surface area contributed by atoms with Gasteiger partial charge in [0.2, 0.25) is 5.72 Å². The number of benzene rings is 1. The van der Waals surface area contributed by atoms with Crippen LogP contribution in [0.15, 0.2) is 24.3 Å². The highest BCUT2D eigenvalue weighted by Gasteiger charge is 2.70. The largest absolute Gasteiger partial charge is 0.362 e. The summed E-state index contributed by atoms with van der Waals surface area (Å²) < 4.78 is 0. The van der Waals surface area contributed by atoms with E-state index in [4.69, 9.17) is 0 Å². The fourth-order valence-electron chi connectivity index (χ4n) is 2.12. The Morgan fingerprint density at radius 3 is 2.93 bits per heavy atom. The van der Waals surface area contributed by atoms with Gasteiger partial charge in [0.1, 0.15) is 0 Å². The van der Waals surface area contributed by atoms with Crippen molar-refractivity contribution in [2.75, 3.05) is 5.06 Å². The molecule has 2 atom stereocenters. The van der Waals surface area contributed by atoms with E-state index in [9.17, 15) is 15.1 Å². The lowest BCUT2D eigenvalue weighted by Crippen LogP contribution is -2.40. The molecular formula is C10H9NO3. The van der Waals surface area contributed by atoms with Gasteiger partial charge in [0.05, 0.1) is 11.6 Å². The Bertz CT molecular complexity index is 431. The highest BCUT2D eigenvalue weighted by Crippen LogP contribution is 2.50. The Hall–Kier alpha value is -1.39. The first-order valence-electron chi connectivity index (χ1n) is 4.49. The van der Waals surface area contributed by atoms with Crippen molar-refractivity contribution in [3.05, 3.63) is 29.8 Å². The van der Waals surface area contributed by atoms with Gasteiger partial charge in [-0.2, -0.15) is 0 Å². The molecule has 4 heteroatoms. The quantitative estimate of drug-likeness (QED) is 0.620. The van der Waals surface area contributed by atoms with E-state index in [1.807, 2.05) is 12.1 Å². The molecule has 0 amide bonds. The van der Waals surface area contributed by atoms with Crippen molar-refractivity contribution in [2.45, 2.75) is 12.1 Å². The van der Waals surface area contributed by atoms with E-state index in [1.54, 1.807) is 12.1 Å². The fraction of sp³-hybridized carbons (Fsp3) is 0.300. The third kappa shape index (κ3) is 0.693. The molecule has 2 aliphatic rings. The van der Waals surface area contributed by atoms with Crippen LogP contribution < -0.4 is 5.06 Å². The molecule has 4 nitrogen and oxygen atoms in total. The zero-order valence-corrected chi connectivity index (χ0v) is 7.34. The molecule has 1 aliphatic carbocycles. The Morgan fingerprint density at radius 1 is 1.43 bits per heavy atom. The number of carbonyl (C=O) groups excluding carboxylic acids is 1. The molecule has 0 radical (unpaired) electrons. The van der Waals surface area contributed by atoms with Gasteiger partial charge in [-0.25, -0.2) is 5.06 Å². The van der Waals surface area contributed by atoms with E-state index >= 15 is 0 Å². The summed E-state index contributed by atoms with van der Waals surface area (Å²) in [6.07, 6.45) is 0.516. The number of anilines is 1. The first-order chi connectivity index (χ1) is 6.65. The molecule has 1 aliphatic heterocycles. The Morgan fingerprint density at radius 2 is 2.14 bits per heavy atom. The van der Waals surface area contributed by atoms with Crippen molar-refractivity contribution >= 4 is 11.5 Å². The first-order valence-corrected chi connectivity index (χ1v) is 4.49. The average Bonchev–Trinajstić information content (AvgIpc) is 2.73. The molecule has 2 N–H and O–H groups in total. The standard InChI is InChI=1S/C10H9NO3/c12-9-7-5-6-3-1-2-4-8(6)11(14)10(7,9)13/h1-4,7,13-14H,5H2. The SMILES string of the molecule is O=C1C2Cc3ccccc3N(O)C12O. The van der Waals surface area contributed by atoms with E-state index in [0.717, 1.165) is 5.56 Å². The van der Waals surface area contributed by atoms with Gasteiger partial charge in [0.15, 0.2) is 5.78 Å². The predicted octanol–water partition coefficient (Wildman–Crippen LogP) is 0.326. The Balaban J connectivity index is 2.15. The zero-order valence-electron chi connectivity index (χ0n) is 7.34. The summed E-state index contributed by atoms with van der Waals surface area (Å²) in [4.78, 5) is 11.3. The summed E-state index contributed by atoms with van der Waals surface area (Å²) in [6, 6.07) is 7.15. The lowest BCUT2D eigenvalue weighted by atomic mass is 10.0. The minimum Gasteiger partial charge on any atom is -0.362 e. The van der Waals surface area contributed by atoms with Crippen LogP contribution in [0.2, 0.25) is 0 Å². The molecule has 3 rings (SSSR count). The Labute approximate surface area is 80.3 Å². The summed E-state index contributed by atoms with van der Waals surface area (Å²) in [5, 5.41) is 20.1. The van der Waals surface area contributed by atoms with Crippen LogP contribution in [0.25, 0.3) is 0 Å². The molecule has 2 unspecified atom stereocenters. The smallest absolute Gasteiger partial charge is 0.232 e. The highest BCUT2D eigenvalue weighted by atomic mass is 16.6. The van der Waals surface area contributed by atoms with Gasteiger partial charge < -0.3 is 5.11 Å². The molecule has 0 saturated heterocycles. The van der Waals surface area contributed by atoms with E-state index in [2.05, 4.69) is 0 Å². The molecule has 72 valence electrons. The maximum atomic E-state index is 11.3. The van der Waals surface area contributed by atoms with Gasteiger partial charge in [-0.15, -0.1) is 0 Å². The van der Waals surface area contributed by atoms with Crippen LogP contribution in [0, 0.1) is 5.92 Å². The molecule has 1 fully saturated rings. The number of aliphatic hydroxyl groups is 1. The van der Waals surface area contributed by atoms with E-state index in [1.165, 1.54) is 0 Å². The molecule has 1 aromatic carbocycles. The normalized spacial score (nSPS) is 33.7. The number of rotatable bonds is 0. The molecular weight excluding hydrogens is 182 g/mol. The number of Topliss-reactive ketones (excluding diaryl/α,β-unsaturated/α-hetero) is 1. The number of ketones is 1. The molecule has 14 heavy (non-hydrogen) atoms. The van der Waals surface area contributed by atoms with Gasteiger partial charge in [0.25, 0.3) is 0 Å². The predicted molar refractivity (Wildman–Crippen MR) is 47.9 cm³/mol. The van der Waals surface area contributed by atoms with E-state index in [0.29, 0.717) is 17.2 Å². The van der Waals surface area contributed by atoms with Crippen molar-refractivity contribution in [3.8, 4) is 0 Å². The summed E-state index contributed by atoms with van der Waals surface area (Å²) in [7, 11) is 0. The second-order valence-electron chi connectivity index (χ2n) is 3.79. The van der Waals surface area contributed by atoms with Crippen molar-refractivity contribution in [1.29, 1.82) is 0 Å². The minimum absolute atomic E-state index is 0.295. The van der Waals surface area contributed by atoms with Crippen molar-refractivity contribution in [3.63, 3.8) is 0 Å². The van der Waals surface area contributed by atoms with Gasteiger partial charge in [-0.3, -0.25) is 10.0 Å². The second-order valence-corrected chi connectivity index (χ2v) is 3.79. The van der Waals surface area contributed by atoms with Gasteiger partial charge in [-0.05, 0) is 18.1 Å². The topological polar surface area (TPSA) is 60.8 Å². The van der Waals surface area contributed by atoms with Crippen molar-refractivity contribution < 1.29 is 15.1 Å². The number of nitrogens with zero attached hydrogens (tertiary/aromatic N) is 1. The molecule has 0 bridgehead atoms. The number of hydrogen-bond donors (Lipinski definition) is 2. The fourth-order valence-corrected chi connectivity index (χ4v) is 2.12. The summed E-state index contributed by atoms with van der Waals surface area (Å²) in [6.45, 7) is 0. The molecule has 1 aromatic rings. The summed E-state index contributed by atoms with van der Waals surface area (Å²) >= 11 is 0. The van der Waals surface area contributed by atoms with Gasteiger partial charge in [-0.1, -0.05) is 18.2 Å². The van der Waals surface area contributed by atoms with Crippen LogP contribution >= 0.6 is 0 Å². The molecule has 0 aromatic heterocycles. The van der Waals surface area contributed by atoms with Crippen molar-refractivity contribution in [2.24, 2.45) is 5.92 Å². The first kappa shape index (κ1) is 7.96. The summed E-state index contributed by atoms with van der Waals surface area (Å²) in [5.74, 6) is -0.751. The van der Waals surface area contributed by atoms with Crippen LogP contribution in [0.1, 0.15) is 5.56 Å². The summed E-state index contributed by atoms with van der Waals surface area (Å²) in [5.41, 5.74) is -0.221. The monoisotopic (exact) mass is 191 g/mol.